The number of hydrogen-bond acceptors (Lipinski definition) is 4. The van der Waals surface area contributed by atoms with Crippen LogP contribution in [0.2, 0.25) is 0 Å². The molecule has 7 heteroatoms. The zero-order chi connectivity index (χ0) is 15.9. The van der Waals surface area contributed by atoms with Gasteiger partial charge in [0, 0.05) is 16.8 Å². The molecule has 0 aliphatic carbocycles. The van der Waals surface area contributed by atoms with Crippen molar-refractivity contribution in [2.45, 2.75) is 0 Å². The van der Waals surface area contributed by atoms with Crippen LogP contribution in [-0.4, -0.2) is 18.7 Å². The highest BCUT2D eigenvalue weighted by atomic mass is 32.2. The second-order valence-corrected chi connectivity index (χ2v) is 6.67. The molecule has 2 aliphatic rings. The van der Waals surface area contributed by atoms with E-state index in [0.717, 1.165) is 23.5 Å². The minimum Gasteiger partial charge on any atom is -0.311 e. The van der Waals surface area contributed by atoms with Crippen LogP contribution in [-0.2, 0) is 4.79 Å². The highest BCUT2D eigenvalue weighted by molar-refractivity contribution is 8.28. The summed E-state index contributed by atoms with van der Waals surface area (Å²) in [6, 6.07) is 6.90. The lowest BCUT2D eigenvalue weighted by Gasteiger charge is -2.27. The smallest absolute Gasteiger partial charge is 0.263 e. The lowest BCUT2D eigenvalue weighted by molar-refractivity contribution is -0.114. The molecule has 2 heterocycles. The Morgan fingerprint density at radius 3 is 2.23 bits per heavy atom. The van der Waals surface area contributed by atoms with E-state index in [1.807, 2.05) is 0 Å². The second-order valence-electron chi connectivity index (χ2n) is 4.41. The lowest BCUT2D eigenvalue weighted by atomic mass is 9.97. The Morgan fingerprint density at radius 2 is 1.64 bits per heavy atom. The number of hydrogen-bond donors (Lipinski definition) is 0. The number of Topliss-reactive ketones (excluding diaryl/α,β-unsaturated/α-hetero) is 1. The molecule has 0 fully saturated rings. The van der Waals surface area contributed by atoms with Crippen LogP contribution in [0.25, 0.3) is 9.69 Å². The van der Waals surface area contributed by atoms with Gasteiger partial charge in [-0.05, 0) is 12.1 Å². The first-order valence-electron chi connectivity index (χ1n) is 6.09. The monoisotopic (exact) mass is 325 g/mol. The average Bonchev–Trinajstić information content (AvgIpc) is 2.96. The number of amides is 1. The van der Waals surface area contributed by atoms with E-state index in [4.69, 9.17) is 13.1 Å². The summed E-state index contributed by atoms with van der Waals surface area (Å²) in [6.07, 6.45) is 0. The first kappa shape index (κ1) is 14.5. The number of likely N-dealkylation sites (N-methyl/N-ethyl adjacent to an activating group) is 1. The molecule has 1 aromatic carbocycles. The summed E-state index contributed by atoms with van der Waals surface area (Å²) in [5.41, 5.74) is 1.06. The van der Waals surface area contributed by atoms with Gasteiger partial charge in [-0.25, -0.2) is 9.69 Å². The molecule has 3 rings (SSSR count). The van der Waals surface area contributed by atoms with Gasteiger partial charge in [-0.1, -0.05) is 12.1 Å². The van der Waals surface area contributed by atoms with Crippen LogP contribution in [0.1, 0.15) is 10.4 Å². The highest BCUT2D eigenvalue weighted by Gasteiger charge is 2.37. The van der Waals surface area contributed by atoms with Crippen LogP contribution in [0.5, 0.6) is 0 Å². The van der Waals surface area contributed by atoms with E-state index >= 15 is 0 Å². The summed E-state index contributed by atoms with van der Waals surface area (Å²) in [5, 5.41) is 0.425. The number of ketones is 1. The quantitative estimate of drug-likeness (QED) is 0.416. The number of rotatable bonds is 0. The van der Waals surface area contributed by atoms with Crippen LogP contribution < -0.4 is 4.90 Å². The van der Waals surface area contributed by atoms with Gasteiger partial charge < -0.3 is 4.90 Å². The van der Waals surface area contributed by atoms with Crippen molar-refractivity contribution in [2.75, 3.05) is 11.9 Å². The maximum absolute atomic E-state index is 12.6. The van der Waals surface area contributed by atoms with Gasteiger partial charge in [0.05, 0.1) is 18.8 Å². The number of thioether (sulfide) groups is 2. The van der Waals surface area contributed by atoms with E-state index in [2.05, 4.69) is 9.69 Å². The van der Waals surface area contributed by atoms with Gasteiger partial charge >= 0.3 is 0 Å². The molecule has 106 valence electrons. The van der Waals surface area contributed by atoms with Crippen molar-refractivity contribution in [3.63, 3.8) is 0 Å². The van der Waals surface area contributed by atoms with Crippen molar-refractivity contribution in [2.24, 2.45) is 0 Å². The third-order valence-corrected chi connectivity index (χ3v) is 5.59. The Balaban J connectivity index is 2.14. The van der Waals surface area contributed by atoms with E-state index in [1.54, 1.807) is 31.3 Å². The number of anilines is 1. The van der Waals surface area contributed by atoms with Crippen LogP contribution in [0.3, 0.4) is 0 Å². The van der Waals surface area contributed by atoms with Gasteiger partial charge in [0.2, 0.25) is 15.8 Å². The van der Waals surface area contributed by atoms with Gasteiger partial charge in [0.25, 0.3) is 5.91 Å². The van der Waals surface area contributed by atoms with Gasteiger partial charge in [-0.3, -0.25) is 9.59 Å². The van der Waals surface area contributed by atoms with Gasteiger partial charge in [-0.2, -0.15) is 0 Å². The zero-order valence-corrected chi connectivity index (χ0v) is 12.9. The molecule has 0 saturated heterocycles. The largest absolute Gasteiger partial charge is 0.311 e. The Bertz CT molecular complexity index is 844. The SMILES string of the molecule is [C-]#[N+]C1=C([N+]#[C-])SC(=C2C(=O)c3ccccc3N(C)C2=O)S1. The third kappa shape index (κ3) is 2.03. The highest BCUT2D eigenvalue weighted by Crippen LogP contribution is 2.52. The number of fused-ring (bicyclic) bond motifs is 1. The number of nitrogens with zero attached hydrogens (tertiary/aromatic N) is 3. The topological polar surface area (TPSA) is 46.1 Å². The molecule has 2 aliphatic heterocycles. The molecule has 0 atom stereocenters. The molecule has 0 saturated carbocycles. The van der Waals surface area contributed by atoms with Crippen molar-refractivity contribution in [3.8, 4) is 0 Å². The molecule has 0 spiro atoms. The number of benzene rings is 1. The summed E-state index contributed by atoms with van der Waals surface area (Å²) < 4.78 is 0.411. The molecule has 0 aromatic heterocycles. The van der Waals surface area contributed by atoms with E-state index in [9.17, 15) is 9.59 Å². The molecule has 22 heavy (non-hydrogen) atoms. The Kier molecular flexibility index (Phi) is 3.53. The predicted octanol–water partition coefficient (Wildman–Crippen LogP) is 3.50. The first-order valence-corrected chi connectivity index (χ1v) is 7.72. The second kappa shape index (κ2) is 5.38. The summed E-state index contributed by atoms with van der Waals surface area (Å²) in [4.78, 5) is 33.2. The molecular formula is C15H7N3O2S2. The Morgan fingerprint density at radius 1 is 1.05 bits per heavy atom. The van der Waals surface area contributed by atoms with Crippen LogP contribution in [0.15, 0.2) is 44.1 Å². The minimum absolute atomic E-state index is 0.0380. The first-order chi connectivity index (χ1) is 10.6. The molecule has 5 nitrogen and oxygen atoms in total. The summed E-state index contributed by atoms with van der Waals surface area (Å²) in [7, 11) is 1.61. The average molecular weight is 325 g/mol. The molecule has 0 radical (unpaired) electrons. The van der Waals surface area contributed by atoms with Crippen molar-refractivity contribution < 1.29 is 9.59 Å². The fourth-order valence-electron chi connectivity index (χ4n) is 2.17. The Hall–Kier alpha value is -2.48. The molecule has 0 unspecified atom stereocenters. The Labute approximate surface area is 135 Å². The summed E-state index contributed by atoms with van der Waals surface area (Å²) in [6.45, 7) is 14.2. The fraction of sp³-hybridized carbons (Fsp3) is 0.0667. The molecular weight excluding hydrogens is 318 g/mol. The van der Waals surface area contributed by atoms with Gasteiger partial charge in [0.15, 0.2) is 0 Å². The van der Waals surface area contributed by atoms with Crippen molar-refractivity contribution in [3.05, 3.63) is 72.5 Å². The minimum atomic E-state index is -0.408. The van der Waals surface area contributed by atoms with Crippen molar-refractivity contribution in [1.29, 1.82) is 0 Å². The normalized spacial score (nSPS) is 17.5. The van der Waals surface area contributed by atoms with Crippen LogP contribution in [0.4, 0.5) is 5.69 Å². The number of carbonyl (C=O) groups is 2. The number of carbonyl (C=O) groups excluding carboxylic acids is 2. The van der Waals surface area contributed by atoms with E-state index < -0.39 is 5.91 Å². The molecule has 0 bridgehead atoms. The van der Waals surface area contributed by atoms with Crippen LogP contribution in [0, 0.1) is 13.1 Å². The zero-order valence-electron chi connectivity index (χ0n) is 11.3. The maximum Gasteiger partial charge on any atom is 0.263 e. The summed E-state index contributed by atoms with van der Waals surface area (Å²) in [5.74, 6) is -0.765. The molecule has 1 amide bonds. The molecule has 1 aromatic rings. The third-order valence-electron chi connectivity index (χ3n) is 3.22. The summed E-state index contributed by atoms with van der Waals surface area (Å²) >= 11 is 2.04. The number of para-hydroxylation sites is 1. The van der Waals surface area contributed by atoms with E-state index in [0.29, 0.717) is 15.5 Å². The lowest BCUT2D eigenvalue weighted by Crippen LogP contribution is -2.37. The maximum atomic E-state index is 12.6. The van der Waals surface area contributed by atoms with E-state index in [1.165, 1.54) is 4.90 Å². The van der Waals surface area contributed by atoms with Crippen LogP contribution >= 0.6 is 23.5 Å². The van der Waals surface area contributed by atoms with Gasteiger partial charge in [0.1, 0.15) is 5.57 Å². The van der Waals surface area contributed by atoms with Gasteiger partial charge in [-0.15, -0.1) is 23.5 Å². The van der Waals surface area contributed by atoms with Crippen molar-refractivity contribution >= 4 is 40.9 Å². The van der Waals surface area contributed by atoms with E-state index in [-0.39, 0.29) is 21.4 Å². The standard InChI is InChI=1S/C15H7N3O2S2/c1-16-12-13(17-2)22-15(21-12)10-11(19)8-6-4-5-7-9(8)18(3)14(10)20/h4-7H,3H3. The predicted molar refractivity (Wildman–Crippen MR) is 86.6 cm³/mol. The van der Waals surface area contributed by atoms with Crippen molar-refractivity contribution in [1.82, 2.24) is 0 Å². The molecule has 0 N–H and O–H groups in total. The fourth-order valence-corrected chi connectivity index (χ4v) is 4.34.